The Hall–Kier alpha value is -2.64. The first-order valence-electron chi connectivity index (χ1n) is 7.76. The molecule has 0 bridgehead atoms. The molecule has 1 aliphatic rings. The topological polar surface area (TPSA) is 124 Å². The Morgan fingerprint density at radius 2 is 1.88 bits per heavy atom. The molecule has 134 valence electrons. The monoisotopic (exact) mass is 348 g/mol. The van der Waals surface area contributed by atoms with Crippen molar-refractivity contribution in [2.24, 2.45) is 0 Å². The van der Waals surface area contributed by atoms with Crippen LogP contribution in [0.4, 0.5) is 0 Å². The number of aliphatic hydroxyl groups is 2. The van der Waals surface area contributed by atoms with Crippen LogP contribution in [-0.4, -0.2) is 51.0 Å². The molecule has 2 rings (SSSR count). The number of rotatable bonds is 0. The summed E-state index contributed by atoms with van der Waals surface area (Å²) >= 11 is 0. The van der Waals surface area contributed by atoms with Gasteiger partial charge in [0, 0.05) is 12.5 Å². The molecule has 1 aliphatic heterocycles. The number of carbonyl (C=O) groups excluding carboxylic acids is 2. The Kier molecular flexibility index (Phi) is 5.95. The number of hydrogen-bond acceptors (Lipinski definition) is 7. The molecular weight excluding hydrogens is 328 g/mol. The van der Waals surface area contributed by atoms with E-state index in [2.05, 4.69) is 0 Å². The summed E-state index contributed by atoms with van der Waals surface area (Å²) in [6, 6.07) is 2.29. The number of hydrogen-bond donors (Lipinski definition) is 4. The standard InChI is InChI=1S/C18H20O7/c1-10-5-6-25-18(24)16-11(8-12(19)9-14(16)21)3-2-4-13(20)17(23)15(22)7-10/h2-3,7-9,13,17,19-21,23H,4-6H2,1H3/b3-2+,10-7-/t13-,17-/m0/s1. The third-order valence-corrected chi connectivity index (χ3v) is 3.79. The highest BCUT2D eigenvalue weighted by atomic mass is 16.5. The van der Waals surface area contributed by atoms with E-state index in [1.807, 2.05) is 0 Å². The second kappa shape index (κ2) is 7.96. The Morgan fingerprint density at radius 1 is 1.16 bits per heavy atom. The van der Waals surface area contributed by atoms with Gasteiger partial charge in [0.1, 0.15) is 23.2 Å². The number of ether oxygens (including phenoxy) is 1. The van der Waals surface area contributed by atoms with E-state index >= 15 is 0 Å². The number of benzene rings is 1. The summed E-state index contributed by atoms with van der Waals surface area (Å²) in [5, 5.41) is 39.3. The van der Waals surface area contributed by atoms with E-state index in [-0.39, 0.29) is 36.3 Å². The maximum Gasteiger partial charge on any atom is 0.342 e. The van der Waals surface area contributed by atoms with Crippen molar-refractivity contribution in [3.05, 3.63) is 41.0 Å². The Labute approximate surface area is 144 Å². The molecule has 7 heteroatoms. The van der Waals surface area contributed by atoms with Gasteiger partial charge < -0.3 is 25.2 Å². The number of phenols is 2. The fourth-order valence-corrected chi connectivity index (χ4v) is 2.42. The van der Waals surface area contributed by atoms with Gasteiger partial charge in [0.25, 0.3) is 0 Å². The molecule has 7 nitrogen and oxygen atoms in total. The number of ketones is 1. The van der Waals surface area contributed by atoms with Crippen molar-refractivity contribution < 1.29 is 34.8 Å². The average Bonchev–Trinajstić information content (AvgIpc) is 2.52. The van der Waals surface area contributed by atoms with Gasteiger partial charge in [-0.3, -0.25) is 4.79 Å². The predicted molar refractivity (Wildman–Crippen MR) is 89.1 cm³/mol. The molecule has 0 saturated carbocycles. The molecule has 25 heavy (non-hydrogen) atoms. The molecule has 0 spiro atoms. The molecule has 0 fully saturated rings. The number of aliphatic hydroxyl groups excluding tert-OH is 2. The van der Waals surface area contributed by atoms with E-state index in [9.17, 15) is 30.0 Å². The highest BCUT2D eigenvalue weighted by Gasteiger charge is 2.23. The van der Waals surface area contributed by atoms with E-state index in [1.54, 1.807) is 6.92 Å². The molecule has 1 heterocycles. The molecule has 2 atom stereocenters. The van der Waals surface area contributed by atoms with Gasteiger partial charge in [-0.1, -0.05) is 17.7 Å². The first kappa shape index (κ1) is 18.7. The van der Waals surface area contributed by atoms with E-state index in [1.165, 1.54) is 24.3 Å². The summed E-state index contributed by atoms with van der Waals surface area (Å²) in [6.07, 6.45) is 1.33. The maximum absolute atomic E-state index is 12.2. The molecule has 1 aromatic carbocycles. The highest BCUT2D eigenvalue weighted by Crippen LogP contribution is 2.29. The van der Waals surface area contributed by atoms with Crippen LogP contribution in [-0.2, 0) is 9.53 Å². The lowest BCUT2D eigenvalue weighted by molar-refractivity contribution is -0.127. The molecular formula is C18H20O7. The van der Waals surface area contributed by atoms with Gasteiger partial charge in [-0.15, -0.1) is 0 Å². The van der Waals surface area contributed by atoms with Crippen LogP contribution >= 0.6 is 0 Å². The Morgan fingerprint density at radius 3 is 2.60 bits per heavy atom. The quantitative estimate of drug-likeness (QED) is 0.521. The minimum Gasteiger partial charge on any atom is -0.508 e. The van der Waals surface area contributed by atoms with Crippen molar-refractivity contribution in [3.63, 3.8) is 0 Å². The molecule has 0 saturated heterocycles. The SMILES string of the molecule is C/C1=C/C(=O)[C@@H](O)[C@@H](O)C/C=C/c2cc(O)cc(O)c2C(=O)OCC1. The van der Waals surface area contributed by atoms with Crippen LogP contribution in [0.25, 0.3) is 6.08 Å². The number of fused-ring (bicyclic) bond motifs is 1. The number of phenolic OH excluding ortho intramolecular Hbond substituents is 2. The Balaban J connectivity index is 2.41. The second-order valence-electron chi connectivity index (χ2n) is 5.86. The highest BCUT2D eigenvalue weighted by molar-refractivity contribution is 5.97. The second-order valence-corrected chi connectivity index (χ2v) is 5.86. The minimum atomic E-state index is -1.57. The van der Waals surface area contributed by atoms with Crippen molar-refractivity contribution >= 4 is 17.8 Å². The summed E-state index contributed by atoms with van der Waals surface area (Å²) in [5.41, 5.74) is 0.658. The zero-order chi connectivity index (χ0) is 18.6. The third kappa shape index (κ3) is 4.68. The number of aromatic hydroxyl groups is 2. The van der Waals surface area contributed by atoms with Crippen LogP contribution in [0.2, 0.25) is 0 Å². The molecule has 0 amide bonds. The smallest absolute Gasteiger partial charge is 0.342 e. The summed E-state index contributed by atoms with van der Waals surface area (Å²) < 4.78 is 5.11. The van der Waals surface area contributed by atoms with E-state index in [0.29, 0.717) is 5.57 Å². The summed E-state index contributed by atoms with van der Waals surface area (Å²) in [6.45, 7) is 1.61. The fraction of sp³-hybridized carbons (Fsp3) is 0.333. The molecule has 0 radical (unpaired) electrons. The van der Waals surface area contributed by atoms with Crippen LogP contribution in [0.15, 0.2) is 29.9 Å². The van der Waals surface area contributed by atoms with E-state index in [0.717, 1.165) is 6.07 Å². The lowest BCUT2D eigenvalue weighted by Crippen LogP contribution is -2.32. The predicted octanol–water partition coefficient (Wildman–Crippen LogP) is 1.30. The largest absolute Gasteiger partial charge is 0.508 e. The summed E-state index contributed by atoms with van der Waals surface area (Å²) in [4.78, 5) is 24.1. The molecule has 0 unspecified atom stereocenters. The average molecular weight is 348 g/mol. The van der Waals surface area contributed by atoms with Crippen molar-refractivity contribution in [1.82, 2.24) is 0 Å². The first-order valence-corrected chi connectivity index (χ1v) is 7.76. The van der Waals surface area contributed by atoms with Crippen LogP contribution in [0.3, 0.4) is 0 Å². The van der Waals surface area contributed by atoms with Gasteiger partial charge in [-0.05, 0) is 31.1 Å². The number of cyclic esters (lactones) is 1. The van der Waals surface area contributed by atoms with Crippen LogP contribution in [0, 0.1) is 0 Å². The van der Waals surface area contributed by atoms with Crippen LogP contribution < -0.4 is 0 Å². The Bertz CT molecular complexity index is 733. The van der Waals surface area contributed by atoms with E-state index in [4.69, 9.17) is 4.74 Å². The summed E-state index contributed by atoms with van der Waals surface area (Å²) in [7, 11) is 0. The van der Waals surface area contributed by atoms with Gasteiger partial charge in [-0.2, -0.15) is 0 Å². The third-order valence-electron chi connectivity index (χ3n) is 3.79. The zero-order valence-electron chi connectivity index (χ0n) is 13.7. The number of carbonyl (C=O) groups is 2. The minimum absolute atomic E-state index is 0.0312. The molecule has 1 aromatic rings. The van der Waals surface area contributed by atoms with Gasteiger partial charge in [-0.25, -0.2) is 4.79 Å². The van der Waals surface area contributed by atoms with Crippen LogP contribution in [0.5, 0.6) is 11.5 Å². The lowest BCUT2D eigenvalue weighted by Gasteiger charge is -2.15. The van der Waals surface area contributed by atoms with Gasteiger partial charge in [0.05, 0.1) is 12.7 Å². The molecule has 0 aliphatic carbocycles. The van der Waals surface area contributed by atoms with Crippen molar-refractivity contribution in [3.8, 4) is 11.5 Å². The summed E-state index contributed by atoms with van der Waals surface area (Å²) in [5.74, 6) is -2.07. The van der Waals surface area contributed by atoms with Crippen LogP contribution in [0.1, 0.15) is 35.7 Å². The van der Waals surface area contributed by atoms with E-state index < -0.39 is 29.7 Å². The van der Waals surface area contributed by atoms with Crippen molar-refractivity contribution in [2.45, 2.75) is 32.0 Å². The maximum atomic E-state index is 12.2. The molecule has 4 N–H and O–H groups in total. The van der Waals surface area contributed by atoms with Crippen molar-refractivity contribution in [1.29, 1.82) is 0 Å². The van der Waals surface area contributed by atoms with Crippen molar-refractivity contribution in [2.75, 3.05) is 6.61 Å². The molecule has 0 aromatic heterocycles. The van der Waals surface area contributed by atoms with Gasteiger partial charge >= 0.3 is 5.97 Å². The zero-order valence-corrected chi connectivity index (χ0v) is 13.7. The number of esters is 1. The van der Waals surface area contributed by atoms with Gasteiger partial charge in [0.2, 0.25) is 0 Å². The van der Waals surface area contributed by atoms with Gasteiger partial charge in [0.15, 0.2) is 5.78 Å². The first-order chi connectivity index (χ1) is 11.8. The fourth-order valence-electron chi connectivity index (χ4n) is 2.42. The lowest BCUT2D eigenvalue weighted by atomic mass is 10.0. The normalized spacial score (nSPS) is 26.0.